The molecule has 0 radical (unpaired) electrons. The van der Waals surface area contributed by atoms with Crippen molar-refractivity contribution in [2.75, 3.05) is 33.0 Å². The summed E-state index contributed by atoms with van der Waals surface area (Å²) in [6.07, 6.45) is 33.9. The summed E-state index contributed by atoms with van der Waals surface area (Å²) < 4.78 is 33.3. The first kappa shape index (κ1) is 45.5. The average molecular weight is 678 g/mol. The fraction of sp³-hybridized carbons (Fsp3) is 0.973. The number of hydrogen-bond acceptors (Lipinski definition) is 7. The van der Waals surface area contributed by atoms with Crippen molar-refractivity contribution in [2.45, 2.75) is 200 Å². The minimum Gasteiger partial charge on any atom is -0.457 e. The van der Waals surface area contributed by atoms with Crippen LogP contribution in [0.15, 0.2) is 0 Å². The molecule has 0 aromatic carbocycles. The van der Waals surface area contributed by atoms with Crippen molar-refractivity contribution in [3.63, 3.8) is 0 Å². The second-order valence-electron chi connectivity index (χ2n) is 13.2. The van der Waals surface area contributed by atoms with Gasteiger partial charge in [-0.05, 0) is 12.8 Å². The summed E-state index contributed by atoms with van der Waals surface area (Å²) in [6.45, 7) is 4.96. The van der Waals surface area contributed by atoms with E-state index in [1.165, 1.54) is 141 Å². The first-order chi connectivity index (χ1) is 22.4. The summed E-state index contributed by atoms with van der Waals surface area (Å²) in [5, 5.41) is 0. The molecule has 46 heavy (non-hydrogen) atoms. The number of phosphoric ester groups is 1. The van der Waals surface area contributed by atoms with E-state index in [0.29, 0.717) is 13.0 Å². The highest BCUT2D eigenvalue weighted by atomic mass is 31.2. The standard InChI is InChI=1S/C37H76NO7P/c1-3-5-7-9-11-13-15-17-18-19-21-23-25-27-29-32-42-34-36(35-44-46(40,41)43-33-31-38)45-37(39)30-28-26-24-22-20-16-14-12-10-8-6-4-2/h36H,3-35,38H2,1-2H3,(H,40,41). The largest absolute Gasteiger partial charge is 0.472 e. The van der Waals surface area contributed by atoms with Gasteiger partial charge in [0.05, 0.1) is 19.8 Å². The van der Waals surface area contributed by atoms with Gasteiger partial charge in [-0.1, -0.05) is 174 Å². The summed E-state index contributed by atoms with van der Waals surface area (Å²) in [4.78, 5) is 22.4. The number of unbranched alkanes of at least 4 members (excludes halogenated alkanes) is 25. The summed E-state index contributed by atoms with van der Waals surface area (Å²) in [7, 11) is -4.26. The quantitative estimate of drug-likeness (QED) is 0.0377. The van der Waals surface area contributed by atoms with Crippen molar-refractivity contribution in [2.24, 2.45) is 5.73 Å². The van der Waals surface area contributed by atoms with Gasteiger partial charge in [0.15, 0.2) is 0 Å². The van der Waals surface area contributed by atoms with Crippen molar-refractivity contribution in [3.8, 4) is 0 Å². The molecule has 2 unspecified atom stereocenters. The Morgan fingerprint density at radius 3 is 1.37 bits per heavy atom. The predicted octanol–water partition coefficient (Wildman–Crippen LogP) is 11.0. The second kappa shape index (κ2) is 35.8. The molecule has 0 saturated heterocycles. The molecule has 3 N–H and O–H groups in total. The number of carbonyl (C=O) groups excluding carboxylic acids is 1. The molecule has 0 aromatic rings. The van der Waals surface area contributed by atoms with E-state index < -0.39 is 13.9 Å². The Labute approximate surface area is 284 Å². The molecule has 0 amide bonds. The summed E-state index contributed by atoms with van der Waals surface area (Å²) >= 11 is 0. The van der Waals surface area contributed by atoms with Gasteiger partial charge >= 0.3 is 13.8 Å². The summed E-state index contributed by atoms with van der Waals surface area (Å²) in [5.74, 6) is -0.327. The number of hydrogen-bond donors (Lipinski definition) is 2. The molecule has 0 fully saturated rings. The Kier molecular flexibility index (Phi) is 35.4. The Bertz CT molecular complexity index is 682. The molecule has 0 bridgehead atoms. The molecule has 8 nitrogen and oxygen atoms in total. The number of rotatable bonds is 38. The lowest BCUT2D eigenvalue weighted by atomic mass is 10.0. The zero-order chi connectivity index (χ0) is 33.8. The first-order valence-electron chi connectivity index (χ1n) is 19.5. The van der Waals surface area contributed by atoms with E-state index in [9.17, 15) is 14.3 Å². The fourth-order valence-electron chi connectivity index (χ4n) is 5.64. The van der Waals surface area contributed by atoms with Crippen LogP contribution in [0.5, 0.6) is 0 Å². The van der Waals surface area contributed by atoms with Crippen LogP contribution in [0.4, 0.5) is 0 Å². The van der Waals surface area contributed by atoms with Crippen molar-refractivity contribution < 1.29 is 32.8 Å². The van der Waals surface area contributed by atoms with Gasteiger partial charge in [0.1, 0.15) is 6.10 Å². The van der Waals surface area contributed by atoms with Gasteiger partial charge in [-0.15, -0.1) is 0 Å². The monoisotopic (exact) mass is 678 g/mol. The third-order valence-electron chi connectivity index (χ3n) is 8.52. The van der Waals surface area contributed by atoms with Crippen molar-refractivity contribution >= 4 is 13.8 Å². The Morgan fingerprint density at radius 1 is 0.565 bits per heavy atom. The topological polar surface area (TPSA) is 117 Å². The Balaban J connectivity index is 4.02. The molecule has 0 heterocycles. The zero-order valence-electron chi connectivity index (χ0n) is 30.3. The summed E-state index contributed by atoms with van der Waals surface area (Å²) in [6, 6.07) is 0. The third kappa shape index (κ3) is 34.8. The molecule has 0 spiro atoms. The molecule has 9 heteroatoms. The van der Waals surface area contributed by atoms with E-state index in [-0.39, 0.29) is 32.3 Å². The maximum Gasteiger partial charge on any atom is 0.472 e. The molecule has 0 saturated carbocycles. The van der Waals surface area contributed by atoms with Gasteiger partial charge in [-0.25, -0.2) is 4.57 Å². The van der Waals surface area contributed by atoms with Crippen LogP contribution in [-0.4, -0.2) is 49.9 Å². The maximum absolute atomic E-state index is 12.5. The van der Waals surface area contributed by atoms with Gasteiger partial charge < -0.3 is 20.1 Å². The highest BCUT2D eigenvalue weighted by molar-refractivity contribution is 7.47. The van der Waals surface area contributed by atoms with Gasteiger partial charge in [-0.2, -0.15) is 0 Å². The first-order valence-corrected chi connectivity index (χ1v) is 21.0. The van der Waals surface area contributed by atoms with Gasteiger partial charge in [-0.3, -0.25) is 13.8 Å². The Hall–Kier alpha value is -0.500. The molecule has 0 aliphatic rings. The molecule has 276 valence electrons. The molecule has 0 rings (SSSR count). The van der Waals surface area contributed by atoms with Gasteiger partial charge in [0, 0.05) is 19.6 Å². The number of nitrogens with two attached hydrogens (primary N) is 1. The average Bonchev–Trinajstić information content (AvgIpc) is 3.04. The molecule has 0 aliphatic carbocycles. The van der Waals surface area contributed by atoms with E-state index in [4.69, 9.17) is 24.3 Å². The van der Waals surface area contributed by atoms with Crippen molar-refractivity contribution in [3.05, 3.63) is 0 Å². The molecule has 0 aromatic heterocycles. The van der Waals surface area contributed by atoms with E-state index in [0.717, 1.165) is 32.1 Å². The molecule has 0 aliphatic heterocycles. The molecule has 2 atom stereocenters. The third-order valence-corrected chi connectivity index (χ3v) is 9.51. The highest BCUT2D eigenvalue weighted by Crippen LogP contribution is 2.43. The summed E-state index contributed by atoms with van der Waals surface area (Å²) in [5.41, 5.74) is 5.35. The lowest BCUT2D eigenvalue weighted by molar-refractivity contribution is -0.154. The second-order valence-corrected chi connectivity index (χ2v) is 14.6. The highest BCUT2D eigenvalue weighted by Gasteiger charge is 2.25. The van der Waals surface area contributed by atoms with Crippen LogP contribution in [0.2, 0.25) is 0 Å². The van der Waals surface area contributed by atoms with Crippen LogP contribution in [0.3, 0.4) is 0 Å². The number of ether oxygens (including phenoxy) is 2. The van der Waals surface area contributed by atoms with Crippen molar-refractivity contribution in [1.29, 1.82) is 0 Å². The normalized spacial score (nSPS) is 13.6. The lowest BCUT2D eigenvalue weighted by Gasteiger charge is -2.20. The minimum absolute atomic E-state index is 0.0904. The van der Waals surface area contributed by atoms with E-state index >= 15 is 0 Å². The number of phosphoric acid groups is 1. The molecular weight excluding hydrogens is 601 g/mol. The van der Waals surface area contributed by atoms with Crippen LogP contribution >= 0.6 is 7.82 Å². The lowest BCUT2D eigenvalue weighted by Crippen LogP contribution is -2.28. The van der Waals surface area contributed by atoms with Crippen LogP contribution in [0, 0.1) is 0 Å². The van der Waals surface area contributed by atoms with Crippen LogP contribution < -0.4 is 5.73 Å². The molecular formula is C37H76NO7P. The van der Waals surface area contributed by atoms with Crippen molar-refractivity contribution in [1.82, 2.24) is 0 Å². The smallest absolute Gasteiger partial charge is 0.457 e. The van der Waals surface area contributed by atoms with Crippen LogP contribution in [0.1, 0.15) is 194 Å². The number of esters is 1. The maximum atomic E-state index is 12.5. The number of carbonyl (C=O) groups is 1. The van der Waals surface area contributed by atoms with Crippen LogP contribution in [0.25, 0.3) is 0 Å². The van der Waals surface area contributed by atoms with Crippen LogP contribution in [-0.2, 0) is 27.9 Å². The van der Waals surface area contributed by atoms with Gasteiger partial charge in [0.25, 0.3) is 0 Å². The predicted molar refractivity (Wildman–Crippen MR) is 192 cm³/mol. The SMILES string of the molecule is CCCCCCCCCCCCCCCCCOCC(COP(=O)(O)OCCN)OC(=O)CCCCCCCCCCCCCC. The Morgan fingerprint density at radius 2 is 0.957 bits per heavy atom. The van der Waals surface area contributed by atoms with E-state index in [1.54, 1.807) is 0 Å². The fourth-order valence-corrected chi connectivity index (χ4v) is 6.41. The van der Waals surface area contributed by atoms with E-state index in [1.807, 2.05) is 0 Å². The zero-order valence-corrected chi connectivity index (χ0v) is 31.2. The minimum atomic E-state index is -4.26. The van der Waals surface area contributed by atoms with E-state index in [2.05, 4.69) is 13.8 Å². The van der Waals surface area contributed by atoms with Gasteiger partial charge in [0.2, 0.25) is 0 Å².